The van der Waals surface area contributed by atoms with Gasteiger partial charge < -0.3 is 10.3 Å². The molecule has 0 fully saturated rings. The van der Waals surface area contributed by atoms with Gasteiger partial charge in [0.2, 0.25) is 0 Å². The molecule has 0 atom stereocenters. The number of nitrogens with two attached hydrogens (primary N) is 1. The van der Waals surface area contributed by atoms with Gasteiger partial charge in [-0.2, -0.15) is 0 Å². The Morgan fingerprint density at radius 2 is 2.19 bits per heavy atom. The first-order chi connectivity index (χ1) is 7.67. The Balaban J connectivity index is 2.69. The van der Waals surface area contributed by atoms with Crippen molar-refractivity contribution >= 4 is 22.5 Å². The van der Waals surface area contributed by atoms with Crippen LogP contribution < -0.4 is 5.73 Å². The molecule has 0 unspecified atom stereocenters. The monoisotopic (exact) mass is 240 g/mol. The highest BCUT2D eigenvalue weighted by molar-refractivity contribution is 6.31. The van der Waals surface area contributed by atoms with Gasteiger partial charge in [0.15, 0.2) is 0 Å². The minimum absolute atomic E-state index is 0.166. The first-order valence-corrected chi connectivity index (χ1v) is 5.72. The summed E-state index contributed by atoms with van der Waals surface area (Å²) in [6.07, 6.45) is 2.80. The summed E-state index contributed by atoms with van der Waals surface area (Å²) in [5.74, 6) is -0.374. The standard InChI is InChI=1S/C12H14ClFN2/c1-2-16-7-8(3-4-15)9-5-10(13)11(14)6-12(9)16/h5-7H,2-4,15H2,1H3. The summed E-state index contributed by atoms with van der Waals surface area (Å²) in [6.45, 7) is 3.41. The maximum absolute atomic E-state index is 13.4. The van der Waals surface area contributed by atoms with E-state index in [1.165, 1.54) is 6.07 Å². The SMILES string of the molecule is CCn1cc(CCN)c2cc(Cl)c(F)cc21. The minimum atomic E-state index is -0.374. The van der Waals surface area contributed by atoms with Crippen molar-refractivity contribution in [1.82, 2.24) is 4.57 Å². The van der Waals surface area contributed by atoms with Gasteiger partial charge in [-0.15, -0.1) is 0 Å². The quantitative estimate of drug-likeness (QED) is 0.879. The second-order valence-electron chi connectivity index (χ2n) is 3.76. The van der Waals surface area contributed by atoms with Crippen LogP contribution >= 0.6 is 11.6 Å². The van der Waals surface area contributed by atoms with E-state index in [1.54, 1.807) is 6.07 Å². The molecule has 2 nitrogen and oxygen atoms in total. The molecule has 0 amide bonds. The lowest BCUT2D eigenvalue weighted by Crippen LogP contribution is -2.02. The molecule has 2 rings (SSSR count). The van der Waals surface area contributed by atoms with Crippen LogP contribution in [0.25, 0.3) is 10.9 Å². The third kappa shape index (κ3) is 1.81. The Hall–Kier alpha value is -1.06. The fourth-order valence-corrected chi connectivity index (χ4v) is 2.14. The largest absolute Gasteiger partial charge is 0.347 e. The summed E-state index contributed by atoms with van der Waals surface area (Å²) in [4.78, 5) is 0. The summed E-state index contributed by atoms with van der Waals surface area (Å²) in [5, 5.41) is 1.17. The molecule has 0 bridgehead atoms. The summed E-state index contributed by atoms with van der Waals surface area (Å²) >= 11 is 5.80. The van der Waals surface area contributed by atoms with Gasteiger partial charge in [0.25, 0.3) is 0 Å². The fourth-order valence-electron chi connectivity index (χ4n) is 1.97. The first-order valence-electron chi connectivity index (χ1n) is 5.34. The van der Waals surface area contributed by atoms with Crippen molar-refractivity contribution in [3.63, 3.8) is 0 Å². The van der Waals surface area contributed by atoms with E-state index in [-0.39, 0.29) is 10.8 Å². The van der Waals surface area contributed by atoms with Crippen molar-refractivity contribution in [2.24, 2.45) is 5.73 Å². The third-order valence-corrected chi connectivity index (χ3v) is 3.05. The Morgan fingerprint density at radius 1 is 1.44 bits per heavy atom. The first kappa shape index (κ1) is 11.4. The van der Waals surface area contributed by atoms with Gasteiger partial charge in [-0.3, -0.25) is 0 Å². The highest BCUT2D eigenvalue weighted by atomic mass is 35.5. The number of hydrogen-bond donors (Lipinski definition) is 1. The van der Waals surface area contributed by atoms with E-state index < -0.39 is 0 Å². The average Bonchev–Trinajstić information content (AvgIpc) is 2.58. The lowest BCUT2D eigenvalue weighted by atomic mass is 10.1. The van der Waals surface area contributed by atoms with Crippen molar-refractivity contribution in [1.29, 1.82) is 0 Å². The molecule has 1 heterocycles. The van der Waals surface area contributed by atoms with Crippen molar-refractivity contribution < 1.29 is 4.39 Å². The number of fused-ring (bicyclic) bond motifs is 1. The van der Waals surface area contributed by atoms with Gasteiger partial charge in [0.1, 0.15) is 5.82 Å². The number of halogens is 2. The van der Waals surface area contributed by atoms with Gasteiger partial charge in [-0.25, -0.2) is 4.39 Å². The van der Waals surface area contributed by atoms with Crippen molar-refractivity contribution in [2.75, 3.05) is 6.54 Å². The molecule has 0 aliphatic rings. The van der Waals surface area contributed by atoms with E-state index in [0.29, 0.717) is 6.54 Å². The zero-order valence-corrected chi connectivity index (χ0v) is 9.89. The summed E-state index contributed by atoms with van der Waals surface area (Å²) in [5.41, 5.74) is 7.56. The maximum atomic E-state index is 13.4. The molecule has 86 valence electrons. The van der Waals surface area contributed by atoms with Crippen LogP contribution in [0.1, 0.15) is 12.5 Å². The Morgan fingerprint density at radius 3 is 2.81 bits per heavy atom. The van der Waals surface area contributed by atoms with Crippen LogP contribution in [0.2, 0.25) is 5.02 Å². The second kappa shape index (κ2) is 4.44. The molecule has 0 saturated carbocycles. The van der Waals surface area contributed by atoms with Crippen LogP contribution in [-0.2, 0) is 13.0 Å². The molecule has 2 N–H and O–H groups in total. The van der Waals surface area contributed by atoms with Crippen LogP contribution in [0.3, 0.4) is 0 Å². The number of aryl methyl sites for hydroxylation is 1. The molecule has 1 aromatic carbocycles. The number of benzene rings is 1. The van der Waals surface area contributed by atoms with Crippen molar-refractivity contribution in [2.45, 2.75) is 19.9 Å². The number of hydrogen-bond acceptors (Lipinski definition) is 1. The third-order valence-electron chi connectivity index (χ3n) is 2.76. The summed E-state index contributed by atoms with van der Waals surface area (Å²) in [7, 11) is 0. The Kier molecular flexibility index (Phi) is 3.17. The van der Waals surface area contributed by atoms with Crippen LogP contribution in [-0.4, -0.2) is 11.1 Å². The zero-order chi connectivity index (χ0) is 11.7. The van der Waals surface area contributed by atoms with E-state index in [4.69, 9.17) is 17.3 Å². The topological polar surface area (TPSA) is 30.9 Å². The molecular weight excluding hydrogens is 227 g/mol. The van der Waals surface area contributed by atoms with Crippen LogP contribution in [0.15, 0.2) is 18.3 Å². The van der Waals surface area contributed by atoms with E-state index in [2.05, 4.69) is 0 Å². The minimum Gasteiger partial charge on any atom is -0.347 e. The van der Waals surface area contributed by atoms with E-state index in [9.17, 15) is 4.39 Å². The lowest BCUT2D eigenvalue weighted by molar-refractivity contribution is 0.628. The van der Waals surface area contributed by atoms with Gasteiger partial charge in [0, 0.05) is 18.1 Å². The smallest absolute Gasteiger partial charge is 0.143 e. The number of rotatable bonds is 3. The second-order valence-corrected chi connectivity index (χ2v) is 4.17. The Labute approximate surface area is 98.8 Å². The average molecular weight is 241 g/mol. The van der Waals surface area contributed by atoms with Gasteiger partial charge >= 0.3 is 0 Å². The number of aromatic nitrogens is 1. The van der Waals surface area contributed by atoms with Crippen molar-refractivity contribution in [3.05, 3.63) is 34.7 Å². The van der Waals surface area contributed by atoms with E-state index >= 15 is 0 Å². The number of nitrogens with zero attached hydrogens (tertiary/aromatic N) is 1. The predicted molar refractivity (Wildman–Crippen MR) is 65.3 cm³/mol. The van der Waals surface area contributed by atoms with Gasteiger partial charge in [-0.05, 0) is 37.6 Å². The predicted octanol–water partition coefficient (Wildman–Crippen LogP) is 2.95. The molecule has 16 heavy (non-hydrogen) atoms. The van der Waals surface area contributed by atoms with E-state index in [0.717, 1.165) is 29.4 Å². The molecule has 0 saturated heterocycles. The highest BCUT2D eigenvalue weighted by Gasteiger charge is 2.10. The molecular formula is C12H14ClFN2. The molecule has 0 aliphatic heterocycles. The van der Waals surface area contributed by atoms with Crippen LogP contribution in [0.4, 0.5) is 4.39 Å². The molecule has 2 aromatic rings. The Bertz CT molecular complexity index is 519. The van der Waals surface area contributed by atoms with E-state index in [1.807, 2.05) is 17.7 Å². The normalized spacial score (nSPS) is 11.2. The summed E-state index contributed by atoms with van der Waals surface area (Å²) in [6, 6.07) is 3.17. The van der Waals surface area contributed by atoms with Crippen LogP contribution in [0.5, 0.6) is 0 Å². The molecule has 1 aromatic heterocycles. The fraction of sp³-hybridized carbons (Fsp3) is 0.333. The summed E-state index contributed by atoms with van der Waals surface area (Å²) < 4.78 is 15.4. The molecule has 0 aliphatic carbocycles. The highest BCUT2D eigenvalue weighted by Crippen LogP contribution is 2.27. The maximum Gasteiger partial charge on any atom is 0.143 e. The molecule has 0 spiro atoms. The van der Waals surface area contributed by atoms with Gasteiger partial charge in [-0.1, -0.05) is 11.6 Å². The lowest BCUT2D eigenvalue weighted by Gasteiger charge is -2.01. The van der Waals surface area contributed by atoms with Gasteiger partial charge in [0.05, 0.1) is 10.5 Å². The molecule has 4 heteroatoms. The van der Waals surface area contributed by atoms with Crippen molar-refractivity contribution in [3.8, 4) is 0 Å². The van der Waals surface area contributed by atoms with Crippen LogP contribution in [0, 0.1) is 5.82 Å². The molecule has 0 radical (unpaired) electrons. The zero-order valence-electron chi connectivity index (χ0n) is 9.13.